The topological polar surface area (TPSA) is 68.0 Å². The van der Waals surface area contributed by atoms with E-state index in [9.17, 15) is 4.79 Å². The van der Waals surface area contributed by atoms with E-state index in [1.165, 1.54) is 4.70 Å². The lowest BCUT2D eigenvalue weighted by molar-refractivity contribution is 0.100. The largest absolute Gasteiger partial charge is 0.381 e. The Kier molecular flexibility index (Phi) is 3.35. The first-order valence-electron chi connectivity index (χ1n) is 6.18. The summed E-state index contributed by atoms with van der Waals surface area (Å²) in [6.07, 6.45) is 0. The first kappa shape index (κ1) is 12.6. The molecule has 0 aliphatic rings. The van der Waals surface area contributed by atoms with Crippen LogP contribution in [0.15, 0.2) is 48.0 Å². The molecular weight excluding hydrogens is 270 g/mol. The van der Waals surface area contributed by atoms with E-state index in [4.69, 9.17) is 5.73 Å². The minimum absolute atomic E-state index is 0.403. The Morgan fingerprint density at radius 2 is 2.00 bits per heavy atom. The number of nitrogens with zero attached hydrogens (tertiary/aromatic N) is 1. The van der Waals surface area contributed by atoms with Crippen LogP contribution in [-0.2, 0) is 6.54 Å². The van der Waals surface area contributed by atoms with Crippen molar-refractivity contribution < 1.29 is 4.79 Å². The molecule has 2 aromatic carbocycles. The molecule has 0 saturated heterocycles. The normalized spacial score (nSPS) is 10.6. The highest BCUT2D eigenvalue weighted by Gasteiger charge is 2.01. The highest BCUT2D eigenvalue weighted by Crippen LogP contribution is 2.22. The maximum atomic E-state index is 11.0. The molecule has 3 N–H and O–H groups in total. The number of fused-ring (bicyclic) bond motifs is 1. The zero-order valence-electron chi connectivity index (χ0n) is 10.7. The SMILES string of the molecule is NC(=O)c1ccc(CNc2ccc3ncsc3c2)cc1. The van der Waals surface area contributed by atoms with Crippen molar-refractivity contribution in [2.75, 3.05) is 5.32 Å². The van der Waals surface area contributed by atoms with Gasteiger partial charge >= 0.3 is 0 Å². The van der Waals surface area contributed by atoms with Crippen molar-refractivity contribution in [3.63, 3.8) is 0 Å². The summed E-state index contributed by atoms with van der Waals surface area (Å²) in [6.45, 7) is 0.698. The van der Waals surface area contributed by atoms with Crippen molar-refractivity contribution >= 4 is 33.1 Å². The van der Waals surface area contributed by atoms with Gasteiger partial charge in [0.25, 0.3) is 0 Å². The lowest BCUT2D eigenvalue weighted by Gasteiger charge is -2.07. The summed E-state index contributed by atoms with van der Waals surface area (Å²) in [7, 11) is 0. The van der Waals surface area contributed by atoms with E-state index in [0.717, 1.165) is 16.8 Å². The smallest absolute Gasteiger partial charge is 0.248 e. The summed E-state index contributed by atoms with van der Waals surface area (Å²) in [5.74, 6) is -0.403. The van der Waals surface area contributed by atoms with E-state index in [2.05, 4.69) is 16.4 Å². The number of thiazole rings is 1. The summed E-state index contributed by atoms with van der Waals surface area (Å²) < 4.78 is 1.17. The minimum atomic E-state index is -0.403. The van der Waals surface area contributed by atoms with Crippen LogP contribution in [0.3, 0.4) is 0 Å². The maximum absolute atomic E-state index is 11.0. The van der Waals surface area contributed by atoms with Crippen LogP contribution in [0.4, 0.5) is 5.69 Å². The number of anilines is 1. The van der Waals surface area contributed by atoms with Gasteiger partial charge in [0.2, 0.25) is 5.91 Å². The summed E-state index contributed by atoms with van der Waals surface area (Å²) >= 11 is 1.63. The number of benzene rings is 2. The van der Waals surface area contributed by atoms with Crippen molar-refractivity contribution in [3.05, 3.63) is 59.1 Å². The second-order valence-corrected chi connectivity index (χ2v) is 5.34. The molecule has 0 spiro atoms. The van der Waals surface area contributed by atoms with E-state index in [1.54, 1.807) is 23.5 Å². The fraction of sp³-hybridized carbons (Fsp3) is 0.0667. The summed E-state index contributed by atoms with van der Waals surface area (Å²) in [5.41, 5.74) is 10.8. The molecule has 20 heavy (non-hydrogen) atoms. The molecule has 0 saturated carbocycles. The van der Waals surface area contributed by atoms with Crippen LogP contribution in [-0.4, -0.2) is 10.9 Å². The predicted octanol–water partition coefficient (Wildman–Crippen LogP) is 3.01. The fourth-order valence-electron chi connectivity index (χ4n) is 1.96. The number of amides is 1. The molecule has 1 aromatic heterocycles. The standard InChI is InChI=1S/C15H13N3OS/c16-15(19)11-3-1-10(2-4-11)8-17-12-5-6-13-14(7-12)20-9-18-13/h1-7,9,17H,8H2,(H2,16,19). The van der Waals surface area contributed by atoms with E-state index >= 15 is 0 Å². The molecule has 0 unspecified atom stereocenters. The molecule has 100 valence electrons. The third-order valence-electron chi connectivity index (χ3n) is 3.07. The molecule has 1 amide bonds. The monoisotopic (exact) mass is 283 g/mol. The highest BCUT2D eigenvalue weighted by atomic mass is 32.1. The lowest BCUT2D eigenvalue weighted by atomic mass is 10.1. The predicted molar refractivity (Wildman–Crippen MR) is 81.9 cm³/mol. The van der Waals surface area contributed by atoms with Crippen LogP contribution < -0.4 is 11.1 Å². The van der Waals surface area contributed by atoms with Gasteiger partial charge in [-0.2, -0.15) is 0 Å². The van der Waals surface area contributed by atoms with Gasteiger partial charge in [0.1, 0.15) is 0 Å². The number of rotatable bonds is 4. The average molecular weight is 283 g/mol. The van der Waals surface area contributed by atoms with Gasteiger partial charge < -0.3 is 11.1 Å². The Bertz CT molecular complexity index is 749. The van der Waals surface area contributed by atoms with Gasteiger partial charge in [-0.05, 0) is 35.9 Å². The lowest BCUT2D eigenvalue weighted by Crippen LogP contribution is -2.10. The number of hydrogen-bond acceptors (Lipinski definition) is 4. The number of primary amides is 1. The minimum Gasteiger partial charge on any atom is -0.381 e. The number of nitrogens with one attached hydrogen (secondary N) is 1. The molecule has 5 heteroatoms. The van der Waals surface area contributed by atoms with Gasteiger partial charge in [0, 0.05) is 17.8 Å². The first-order valence-corrected chi connectivity index (χ1v) is 7.06. The number of carbonyl (C=O) groups excluding carboxylic acids is 1. The number of aromatic nitrogens is 1. The van der Waals surface area contributed by atoms with Crippen molar-refractivity contribution in [1.82, 2.24) is 4.98 Å². The van der Waals surface area contributed by atoms with Crippen molar-refractivity contribution in [2.24, 2.45) is 5.73 Å². The quantitative estimate of drug-likeness (QED) is 0.773. The summed E-state index contributed by atoms with van der Waals surface area (Å²) in [4.78, 5) is 15.2. The molecule has 0 aliphatic carbocycles. The third kappa shape index (κ3) is 2.62. The molecule has 3 aromatic rings. The first-order chi connectivity index (χ1) is 9.72. The van der Waals surface area contributed by atoms with Crippen LogP contribution in [0.2, 0.25) is 0 Å². The fourth-order valence-corrected chi connectivity index (χ4v) is 2.67. The highest BCUT2D eigenvalue weighted by molar-refractivity contribution is 7.16. The molecule has 0 radical (unpaired) electrons. The Labute approximate surface area is 120 Å². The second-order valence-electron chi connectivity index (χ2n) is 4.45. The molecule has 1 heterocycles. The zero-order chi connectivity index (χ0) is 13.9. The van der Waals surface area contributed by atoms with Gasteiger partial charge in [-0.25, -0.2) is 4.98 Å². The Hall–Kier alpha value is -2.40. The van der Waals surface area contributed by atoms with Crippen LogP contribution >= 0.6 is 11.3 Å². The van der Waals surface area contributed by atoms with Crippen LogP contribution in [0.1, 0.15) is 15.9 Å². The Morgan fingerprint density at radius 1 is 1.20 bits per heavy atom. The van der Waals surface area contributed by atoms with Crippen molar-refractivity contribution in [2.45, 2.75) is 6.54 Å². The molecule has 4 nitrogen and oxygen atoms in total. The molecule has 0 bridgehead atoms. The van der Waals surface area contributed by atoms with Gasteiger partial charge in [-0.3, -0.25) is 4.79 Å². The van der Waals surface area contributed by atoms with Crippen LogP contribution in [0.25, 0.3) is 10.2 Å². The number of nitrogens with two attached hydrogens (primary N) is 1. The van der Waals surface area contributed by atoms with E-state index in [0.29, 0.717) is 12.1 Å². The van der Waals surface area contributed by atoms with Gasteiger partial charge in [-0.1, -0.05) is 12.1 Å². The van der Waals surface area contributed by atoms with Gasteiger partial charge in [0.05, 0.1) is 15.7 Å². The number of carbonyl (C=O) groups is 1. The van der Waals surface area contributed by atoms with Crippen molar-refractivity contribution in [3.8, 4) is 0 Å². The molecular formula is C15H13N3OS. The van der Waals surface area contributed by atoms with E-state index in [-0.39, 0.29) is 0 Å². The second kappa shape index (κ2) is 5.30. The molecule has 0 fully saturated rings. The number of hydrogen-bond donors (Lipinski definition) is 2. The van der Waals surface area contributed by atoms with Crippen LogP contribution in [0.5, 0.6) is 0 Å². The van der Waals surface area contributed by atoms with Crippen molar-refractivity contribution in [1.29, 1.82) is 0 Å². The average Bonchev–Trinajstić information content (AvgIpc) is 2.93. The van der Waals surface area contributed by atoms with Crippen LogP contribution in [0, 0.1) is 0 Å². The van der Waals surface area contributed by atoms with Gasteiger partial charge in [0.15, 0.2) is 0 Å². The molecule has 0 atom stereocenters. The zero-order valence-corrected chi connectivity index (χ0v) is 11.5. The Morgan fingerprint density at radius 3 is 2.75 bits per heavy atom. The third-order valence-corrected chi connectivity index (χ3v) is 3.86. The molecule has 3 rings (SSSR count). The summed E-state index contributed by atoms with van der Waals surface area (Å²) in [5, 5.41) is 3.35. The summed E-state index contributed by atoms with van der Waals surface area (Å²) in [6, 6.07) is 13.4. The maximum Gasteiger partial charge on any atom is 0.248 e. The van der Waals surface area contributed by atoms with E-state index < -0.39 is 5.91 Å². The van der Waals surface area contributed by atoms with E-state index in [1.807, 2.05) is 29.8 Å². The molecule has 0 aliphatic heterocycles. The Balaban J connectivity index is 1.70. The van der Waals surface area contributed by atoms with Gasteiger partial charge in [-0.15, -0.1) is 11.3 Å².